The van der Waals surface area contributed by atoms with Crippen LogP contribution in [-0.2, 0) is 9.59 Å². The summed E-state index contributed by atoms with van der Waals surface area (Å²) in [6.45, 7) is 15.3. The molecule has 136 valence electrons. The molecule has 4 nitrogen and oxygen atoms in total. The van der Waals surface area contributed by atoms with Gasteiger partial charge in [-0.3, -0.25) is 9.59 Å². The van der Waals surface area contributed by atoms with Crippen LogP contribution in [0.1, 0.15) is 80.6 Å². The summed E-state index contributed by atoms with van der Waals surface area (Å²) in [6, 6.07) is 0.195. The largest absolute Gasteiger partial charge is 0.352 e. The van der Waals surface area contributed by atoms with Gasteiger partial charge >= 0.3 is 0 Å². The first-order valence-corrected chi connectivity index (χ1v) is 9.46. The number of Topliss-reactive ketones (excluding diaryl/α,β-unsaturated/α-hetero) is 1. The average Bonchev–Trinajstić information content (AvgIpc) is 2.65. The van der Waals surface area contributed by atoms with Gasteiger partial charge in [-0.05, 0) is 46.0 Å². The molecule has 3 N–H and O–H groups in total. The Bertz CT molecular complexity index is 576. The molecule has 24 heavy (non-hydrogen) atoms. The van der Waals surface area contributed by atoms with Gasteiger partial charge < -0.3 is 10.6 Å². The molecule has 0 unspecified atom stereocenters. The van der Waals surface area contributed by atoms with Crippen LogP contribution in [0.15, 0.2) is 0 Å². The van der Waals surface area contributed by atoms with Gasteiger partial charge in [0.05, 0.1) is 16.5 Å². The summed E-state index contributed by atoms with van der Waals surface area (Å²) >= 11 is 0. The quantitative estimate of drug-likeness (QED) is 0.812. The molecule has 3 aliphatic rings. The fourth-order valence-electron chi connectivity index (χ4n) is 6.30. The van der Waals surface area contributed by atoms with Crippen molar-refractivity contribution in [1.29, 1.82) is 0 Å². The second kappa shape index (κ2) is 4.84. The number of fused-ring (bicyclic) bond motifs is 2. The molecular weight excluding hydrogens is 300 g/mol. The van der Waals surface area contributed by atoms with E-state index in [0.717, 1.165) is 25.7 Å². The molecular formula is C20H35N2O2+. The molecule has 2 atom stereocenters. The lowest BCUT2D eigenvalue weighted by atomic mass is 9.64. The van der Waals surface area contributed by atoms with E-state index in [1.54, 1.807) is 0 Å². The van der Waals surface area contributed by atoms with Gasteiger partial charge in [-0.1, -0.05) is 20.8 Å². The number of piperidine rings is 1. The molecule has 4 heteroatoms. The van der Waals surface area contributed by atoms with E-state index in [1.165, 1.54) is 0 Å². The summed E-state index contributed by atoms with van der Waals surface area (Å²) in [4.78, 5) is 25.9. The minimum Gasteiger partial charge on any atom is -0.352 e. The van der Waals surface area contributed by atoms with Crippen molar-refractivity contribution in [3.8, 4) is 0 Å². The Hall–Kier alpha value is -0.900. The lowest BCUT2D eigenvalue weighted by Gasteiger charge is -2.45. The van der Waals surface area contributed by atoms with Crippen LogP contribution in [0.4, 0.5) is 0 Å². The first-order chi connectivity index (χ1) is 10.7. The lowest BCUT2D eigenvalue weighted by Crippen LogP contribution is -3.06. The number of rotatable bonds is 2. The molecule has 1 heterocycles. The standard InChI is InChI=1S/C20H34N2O2/c1-16(2)10-13(11-17(3,4)22-16)21-15(24)20-9-8-19(7,14(23)12-20)18(20,5)6/h13,22H,8-12H2,1-7H3,(H,21,24)/p+1/t19-,20+/m1/s1. The molecule has 0 aromatic carbocycles. The Morgan fingerprint density at radius 3 is 1.96 bits per heavy atom. The Labute approximate surface area is 146 Å². The summed E-state index contributed by atoms with van der Waals surface area (Å²) in [5.41, 5.74) is -0.838. The number of quaternary nitrogens is 1. The van der Waals surface area contributed by atoms with Crippen molar-refractivity contribution in [2.75, 3.05) is 0 Å². The van der Waals surface area contributed by atoms with Gasteiger partial charge in [0.2, 0.25) is 5.91 Å². The monoisotopic (exact) mass is 335 g/mol. The highest BCUT2D eigenvalue weighted by molar-refractivity contribution is 5.99. The van der Waals surface area contributed by atoms with Crippen molar-refractivity contribution in [2.24, 2.45) is 16.2 Å². The van der Waals surface area contributed by atoms with Crippen LogP contribution in [0.5, 0.6) is 0 Å². The van der Waals surface area contributed by atoms with Crippen LogP contribution in [0, 0.1) is 16.2 Å². The number of nitrogens with one attached hydrogen (secondary N) is 1. The number of carbonyl (C=O) groups excluding carboxylic acids is 2. The summed E-state index contributed by atoms with van der Waals surface area (Å²) in [6.07, 6.45) is 4.07. The summed E-state index contributed by atoms with van der Waals surface area (Å²) in [5, 5.41) is 5.80. The maximum atomic E-state index is 13.3. The van der Waals surface area contributed by atoms with E-state index < -0.39 is 5.41 Å². The van der Waals surface area contributed by atoms with Crippen LogP contribution < -0.4 is 10.6 Å². The number of hydrogen-bond acceptors (Lipinski definition) is 2. The van der Waals surface area contributed by atoms with Gasteiger partial charge in [0.25, 0.3) is 0 Å². The fourth-order valence-corrected chi connectivity index (χ4v) is 6.30. The Morgan fingerprint density at radius 1 is 1.00 bits per heavy atom. The second-order valence-electron chi connectivity index (χ2n) is 10.8. The highest BCUT2D eigenvalue weighted by atomic mass is 16.2. The third-order valence-corrected chi connectivity index (χ3v) is 7.80. The maximum Gasteiger partial charge on any atom is 0.227 e. The van der Waals surface area contributed by atoms with Crippen molar-refractivity contribution < 1.29 is 14.9 Å². The number of ketones is 1. The van der Waals surface area contributed by atoms with E-state index in [2.05, 4.69) is 59.1 Å². The van der Waals surface area contributed by atoms with Crippen molar-refractivity contribution in [1.82, 2.24) is 5.32 Å². The fraction of sp³-hybridized carbons (Fsp3) is 0.900. The van der Waals surface area contributed by atoms with E-state index in [0.29, 0.717) is 6.42 Å². The second-order valence-corrected chi connectivity index (χ2v) is 10.8. The van der Waals surface area contributed by atoms with E-state index in [9.17, 15) is 9.59 Å². The number of hydrogen-bond donors (Lipinski definition) is 2. The smallest absolute Gasteiger partial charge is 0.227 e. The van der Waals surface area contributed by atoms with Gasteiger partial charge in [-0.25, -0.2) is 0 Å². The van der Waals surface area contributed by atoms with Gasteiger partial charge in [-0.15, -0.1) is 0 Å². The minimum absolute atomic E-state index is 0.126. The SMILES string of the molecule is CC1(C)CC(NC(=O)[C@]23CC[C@](C)(C(=O)C2)C3(C)C)CC(C)(C)[NH2+]1. The molecule has 0 spiro atoms. The van der Waals surface area contributed by atoms with Gasteiger partial charge in [-0.2, -0.15) is 0 Å². The topological polar surface area (TPSA) is 62.8 Å². The molecule has 2 aliphatic carbocycles. The Morgan fingerprint density at radius 2 is 1.54 bits per heavy atom. The molecule has 3 fully saturated rings. The zero-order chi connectivity index (χ0) is 18.2. The van der Waals surface area contributed by atoms with E-state index in [1.807, 2.05) is 0 Å². The van der Waals surface area contributed by atoms with Crippen LogP contribution in [0.2, 0.25) is 0 Å². The molecule has 2 saturated carbocycles. The van der Waals surface area contributed by atoms with Crippen LogP contribution in [-0.4, -0.2) is 28.8 Å². The van der Waals surface area contributed by atoms with Crippen LogP contribution >= 0.6 is 0 Å². The summed E-state index contributed by atoms with van der Waals surface area (Å²) in [5.74, 6) is 0.409. The highest BCUT2D eigenvalue weighted by Gasteiger charge is 2.72. The van der Waals surface area contributed by atoms with E-state index in [4.69, 9.17) is 0 Å². The lowest BCUT2D eigenvalue weighted by molar-refractivity contribution is -0.788. The third-order valence-electron chi connectivity index (χ3n) is 7.80. The average molecular weight is 336 g/mol. The third kappa shape index (κ3) is 2.28. The maximum absolute atomic E-state index is 13.3. The predicted octanol–water partition coefficient (Wildman–Crippen LogP) is 2.17. The Kier molecular flexibility index (Phi) is 3.61. The summed E-state index contributed by atoms with van der Waals surface area (Å²) < 4.78 is 0. The molecule has 1 aliphatic heterocycles. The molecule has 0 radical (unpaired) electrons. The first kappa shape index (κ1) is 17.9. The van der Waals surface area contributed by atoms with Crippen molar-refractivity contribution in [3.63, 3.8) is 0 Å². The number of carbonyl (C=O) groups is 2. The number of nitrogens with two attached hydrogens (primary N) is 1. The Balaban J connectivity index is 1.82. The van der Waals surface area contributed by atoms with Gasteiger partial charge in [0.1, 0.15) is 5.78 Å². The molecule has 0 aromatic rings. The van der Waals surface area contributed by atoms with Gasteiger partial charge in [0, 0.05) is 30.7 Å². The molecule has 1 saturated heterocycles. The normalized spacial score (nSPS) is 39.9. The number of amides is 1. The van der Waals surface area contributed by atoms with Crippen molar-refractivity contribution in [2.45, 2.75) is 97.7 Å². The van der Waals surface area contributed by atoms with Gasteiger partial charge in [0.15, 0.2) is 0 Å². The minimum atomic E-state index is -0.506. The first-order valence-electron chi connectivity index (χ1n) is 9.46. The molecule has 3 rings (SSSR count). The van der Waals surface area contributed by atoms with E-state index in [-0.39, 0.29) is 39.6 Å². The van der Waals surface area contributed by atoms with Crippen LogP contribution in [0.3, 0.4) is 0 Å². The zero-order valence-electron chi connectivity index (χ0n) is 16.5. The highest BCUT2D eigenvalue weighted by Crippen LogP contribution is 2.70. The van der Waals surface area contributed by atoms with E-state index >= 15 is 0 Å². The zero-order valence-corrected chi connectivity index (χ0v) is 16.5. The van der Waals surface area contributed by atoms with Crippen molar-refractivity contribution in [3.05, 3.63) is 0 Å². The molecule has 0 aromatic heterocycles. The van der Waals surface area contributed by atoms with Crippen LogP contribution in [0.25, 0.3) is 0 Å². The molecule has 1 amide bonds. The predicted molar refractivity (Wildman–Crippen MR) is 94.4 cm³/mol. The van der Waals surface area contributed by atoms with Crippen molar-refractivity contribution >= 4 is 11.7 Å². The molecule has 2 bridgehead atoms. The summed E-state index contributed by atoms with van der Waals surface area (Å²) in [7, 11) is 0.